The summed E-state index contributed by atoms with van der Waals surface area (Å²) < 4.78 is 6.86. The van der Waals surface area contributed by atoms with E-state index in [1.807, 2.05) is 67.6 Å². The first-order chi connectivity index (χ1) is 11.8. The molecule has 4 heteroatoms. The summed E-state index contributed by atoms with van der Waals surface area (Å²) in [6.07, 6.45) is 0.258. The van der Waals surface area contributed by atoms with Gasteiger partial charge in [-0.15, -0.1) is 0 Å². The summed E-state index contributed by atoms with van der Waals surface area (Å²) in [6, 6.07) is 19.8. The van der Waals surface area contributed by atoms with E-state index in [0.717, 1.165) is 22.5 Å². The molecule has 0 fully saturated rings. The summed E-state index contributed by atoms with van der Waals surface area (Å²) in [4.78, 5) is 17.3. The molecular formula is C20H20N2O2. The first kappa shape index (κ1) is 16.0. The van der Waals surface area contributed by atoms with Crippen molar-refractivity contribution in [2.75, 3.05) is 6.61 Å². The van der Waals surface area contributed by atoms with Gasteiger partial charge in [-0.1, -0.05) is 67.6 Å². The smallest absolute Gasteiger partial charge is 0.419 e. The van der Waals surface area contributed by atoms with Gasteiger partial charge in [0.05, 0.1) is 18.0 Å². The topological polar surface area (TPSA) is 44.1 Å². The lowest BCUT2D eigenvalue weighted by atomic mass is 10.0. The molecule has 0 bridgehead atoms. The Labute approximate surface area is 141 Å². The van der Waals surface area contributed by atoms with Crippen LogP contribution in [0.15, 0.2) is 60.7 Å². The third-order valence-electron chi connectivity index (χ3n) is 3.81. The van der Waals surface area contributed by atoms with Crippen molar-refractivity contribution >= 4 is 6.09 Å². The highest BCUT2D eigenvalue weighted by molar-refractivity contribution is 5.87. The molecule has 0 atom stereocenters. The second-order valence-electron chi connectivity index (χ2n) is 5.35. The van der Waals surface area contributed by atoms with Gasteiger partial charge in [0.1, 0.15) is 5.82 Å². The maximum absolute atomic E-state index is 12.6. The van der Waals surface area contributed by atoms with E-state index >= 15 is 0 Å². The number of rotatable bonds is 4. The number of nitrogens with zero attached hydrogens (tertiary/aromatic N) is 2. The Bertz CT molecular complexity index is 824. The van der Waals surface area contributed by atoms with Gasteiger partial charge in [-0.3, -0.25) is 0 Å². The van der Waals surface area contributed by atoms with Crippen LogP contribution in [0.25, 0.3) is 22.5 Å². The van der Waals surface area contributed by atoms with Crippen LogP contribution in [-0.4, -0.2) is 22.3 Å². The van der Waals surface area contributed by atoms with Crippen LogP contribution in [0.4, 0.5) is 4.79 Å². The van der Waals surface area contributed by atoms with Crippen molar-refractivity contribution in [3.05, 3.63) is 66.5 Å². The van der Waals surface area contributed by atoms with E-state index in [9.17, 15) is 4.79 Å². The van der Waals surface area contributed by atoms with Gasteiger partial charge in [-0.2, -0.15) is 0 Å². The maximum Gasteiger partial charge on any atom is 0.419 e. The van der Waals surface area contributed by atoms with Crippen molar-refractivity contribution in [1.29, 1.82) is 0 Å². The summed E-state index contributed by atoms with van der Waals surface area (Å²) in [5.41, 5.74) is 3.49. The fraction of sp³-hybridized carbons (Fsp3) is 0.200. The number of ether oxygens (including phenoxy) is 1. The molecule has 3 rings (SSSR count). The highest BCUT2D eigenvalue weighted by Crippen LogP contribution is 2.33. The fourth-order valence-electron chi connectivity index (χ4n) is 2.75. The third kappa shape index (κ3) is 2.95. The van der Waals surface area contributed by atoms with E-state index in [2.05, 4.69) is 0 Å². The molecule has 0 saturated heterocycles. The maximum atomic E-state index is 12.6. The van der Waals surface area contributed by atoms with Gasteiger partial charge in [-0.05, 0) is 6.92 Å². The van der Waals surface area contributed by atoms with E-state index in [0.29, 0.717) is 18.9 Å². The van der Waals surface area contributed by atoms with E-state index in [1.54, 1.807) is 11.5 Å². The average molecular weight is 320 g/mol. The SMILES string of the molecule is CCOC(=O)n1c(CC)nc(-c2ccccc2)c1-c1ccccc1. The van der Waals surface area contributed by atoms with Gasteiger partial charge in [0.25, 0.3) is 0 Å². The molecule has 0 unspecified atom stereocenters. The monoisotopic (exact) mass is 320 g/mol. The van der Waals surface area contributed by atoms with Crippen molar-refractivity contribution in [2.45, 2.75) is 20.3 Å². The zero-order valence-corrected chi connectivity index (χ0v) is 13.9. The zero-order valence-electron chi connectivity index (χ0n) is 13.9. The number of carbonyl (C=O) groups is 1. The summed E-state index contributed by atoms with van der Waals surface area (Å²) in [7, 11) is 0. The minimum atomic E-state index is -0.386. The molecule has 0 amide bonds. The normalized spacial score (nSPS) is 10.6. The van der Waals surface area contributed by atoms with E-state index in [-0.39, 0.29) is 6.09 Å². The zero-order chi connectivity index (χ0) is 16.9. The van der Waals surface area contributed by atoms with E-state index in [1.165, 1.54) is 0 Å². The number of hydrogen-bond acceptors (Lipinski definition) is 3. The summed E-state index contributed by atoms with van der Waals surface area (Å²) >= 11 is 0. The molecule has 0 radical (unpaired) electrons. The molecule has 4 nitrogen and oxygen atoms in total. The molecule has 0 N–H and O–H groups in total. The molecule has 0 aliphatic heterocycles. The van der Waals surface area contributed by atoms with Crippen LogP contribution in [0.1, 0.15) is 19.7 Å². The van der Waals surface area contributed by atoms with Crippen molar-refractivity contribution in [1.82, 2.24) is 9.55 Å². The number of imidazole rings is 1. The molecule has 2 aromatic carbocycles. The molecular weight excluding hydrogens is 300 g/mol. The minimum Gasteiger partial charge on any atom is -0.449 e. The quantitative estimate of drug-likeness (QED) is 0.694. The Hall–Kier alpha value is -2.88. The van der Waals surface area contributed by atoms with Crippen molar-refractivity contribution in [3.8, 4) is 22.5 Å². The summed E-state index contributed by atoms with van der Waals surface area (Å²) in [6.45, 7) is 4.12. The number of aryl methyl sites for hydroxylation is 1. The first-order valence-electron chi connectivity index (χ1n) is 8.15. The second kappa shape index (κ2) is 7.13. The van der Waals surface area contributed by atoms with Gasteiger partial charge >= 0.3 is 6.09 Å². The highest BCUT2D eigenvalue weighted by Gasteiger charge is 2.23. The minimum absolute atomic E-state index is 0.328. The Morgan fingerprint density at radius 3 is 2.08 bits per heavy atom. The van der Waals surface area contributed by atoms with Gasteiger partial charge < -0.3 is 4.74 Å². The van der Waals surface area contributed by atoms with Gasteiger partial charge in [0, 0.05) is 17.5 Å². The number of carbonyl (C=O) groups excluding carboxylic acids is 1. The molecule has 1 aromatic heterocycles. The summed E-state index contributed by atoms with van der Waals surface area (Å²) in [5.74, 6) is 0.700. The van der Waals surface area contributed by atoms with Crippen LogP contribution < -0.4 is 0 Å². The number of benzene rings is 2. The Balaban J connectivity index is 2.28. The van der Waals surface area contributed by atoms with Crippen LogP contribution in [0, 0.1) is 0 Å². The Morgan fingerprint density at radius 2 is 1.54 bits per heavy atom. The molecule has 3 aromatic rings. The average Bonchev–Trinajstić information content (AvgIpc) is 3.03. The number of hydrogen-bond donors (Lipinski definition) is 0. The molecule has 0 aliphatic rings. The first-order valence-corrected chi connectivity index (χ1v) is 8.15. The van der Waals surface area contributed by atoms with Crippen molar-refractivity contribution in [3.63, 3.8) is 0 Å². The van der Waals surface area contributed by atoms with Crippen LogP contribution in [0.5, 0.6) is 0 Å². The largest absolute Gasteiger partial charge is 0.449 e. The standard InChI is InChI=1S/C20H20N2O2/c1-3-17-21-18(15-11-7-5-8-12-15)19(16-13-9-6-10-14-16)22(17)20(23)24-4-2/h5-14H,3-4H2,1-2H3. The fourth-order valence-corrected chi connectivity index (χ4v) is 2.75. The van der Waals surface area contributed by atoms with Crippen LogP contribution in [0.3, 0.4) is 0 Å². The Kier molecular flexibility index (Phi) is 4.75. The third-order valence-corrected chi connectivity index (χ3v) is 3.81. The van der Waals surface area contributed by atoms with Gasteiger partial charge in [0.15, 0.2) is 0 Å². The van der Waals surface area contributed by atoms with Gasteiger partial charge in [-0.25, -0.2) is 14.3 Å². The second-order valence-corrected chi connectivity index (χ2v) is 5.35. The molecule has 122 valence electrons. The predicted octanol–water partition coefficient (Wildman–Crippen LogP) is 4.78. The molecule has 24 heavy (non-hydrogen) atoms. The predicted molar refractivity (Wildman–Crippen MR) is 94.9 cm³/mol. The van der Waals surface area contributed by atoms with Crippen LogP contribution in [0.2, 0.25) is 0 Å². The molecule has 0 aliphatic carbocycles. The lowest BCUT2D eigenvalue weighted by molar-refractivity contribution is 0.153. The molecule has 0 spiro atoms. The van der Waals surface area contributed by atoms with Crippen LogP contribution in [-0.2, 0) is 11.2 Å². The van der Waals surface area contributed by atoms with Crippen molar-refractivity contribution < 1.29 is 9.53 Å². The lowest BCUT2D eigenvalue weighted by Gasteiger charge is -2.11. The van der Waals surface area contributed by atoms with E-state index < -0.39 is 0 Å². The number of aromatic nitrogens is 2. The van der Waals surface area contributed by atoms with Gasteiger partial charge in [0.2, 0.25) is 0 Å². The molecule has 1 heterocycles. The highest BCUT2D eigenvalue weighted by atomic mass is 16.5. The van der Waals surface area contributed by atoms with Crippen molar-refractivity contribution in [2.24, 2.45) is 0 Å². The lowest BCUT2D eigenvalue weighted by Crippen LogP contribution is -2.17. The Morgan fingerprint density at radius 1 is 0.958 bits per heavy atom. The van der Waals surface area contributed by atoms with Crippen LogP contribution >= 0.6 is 0 Å². The summed E-state index contributed by atoms with van der Waals surface area (Å²) in [5, 5.41) is 0. The van der Waals surface area contributed by atoms with E-state index in [4.69, 9.17) is 9.72 Å². The molecule has 0 saturated carbocycles.